The first-order valence-electron chi connectivity index (χ1n) is 9.70. The van der Waals surface area contributed by atoms with E-state index in [-0.39, 0.29) is 0 Å². The van der Waals surface area contributed by atoms with Crippen LogP contribution < -0.4 is 14.2 Å². The molecule has 0 aliphatic rings. The Kier molecular flexibility index (Phi) is 6.41. The predicted molar refractivity (Wildman–Crippen MR) is 122 cm³/mol. The quantitative estimate of drug-likeness (QED) is 0.287. The molecule has 0 unspecified atom stereocenters. The third kappa shape index (κ3) is 4.53. The van der Waals surface area contributed by atoms with Gasteiger partial charge in [0.25, 0.3) is 0 Å². The van der Waals surface area contributed by atoms with E-state index in [2.05, 4.69) is 17.3 Å². The van der Waals surface area contributed by atoms with E-state index in [1.165, 1.54) is 10.3 Å². The van der Waals surface area contributed by atoms with Gasteiger partial charge >= 0.3 is 0 Å². The summed E-state index contributed by atoms with van der Waals surface area (Å²) in [4.78, 5) is 4.33. The van der Waals surface area contributed by atoms with Crippen LogP contribution in [0.1, 0.15) is 23.6 Å². The summed E-state index contributed by atoms with van der Waals surface area (Å²) in [5.41, 5.74) is 3.29. The van der Waals surface area contributed by atoms with E-state index in [1.807, 2.05) is 54.7 Å². The van der Waals surface area contributed by atoms with Crippen molar-refractivity contribution >= 4 is 33.0 Å². The number of methoxy groups -OCH3 is 1. The lowest BCUT2D eigenvalue weighted by molar-refractivity contribution is 0.290. The average molecular weight is 440 g/mol. The molecule has 4 nitrogen and oxygen atoms in total. The molecular formula is C24H22ClNO3S. The number of hydrogen-bond acceptors (Lipinski definition) is 5. The lowest BCUT2D eigenvalue weighted by atomic mass is 10.1. The molecule has 2 heterocycles. The van der Waals surface area contributed by atoms with Crippen LogP contribution in [0.5, 0.6) is 17.2 Å². The van der Waals surface area contributed by atoms with Gasteiger partial charge in [-0.3, -0.25) is 0 Å². The molecule has 30 heavy (non-hydrogen) atoms. The molecule has 2 aromatic heterocycles. The Labute approximate surface area is 185 Å². The van der Waals surface area contributed by atoms with Gasteiger partial charge in [0.15, 0.2) is 0 Å². The number of hydrogen-bond donors (Lipinski definition) is 0. The van der Waals surface area contributed by atoms with Gasteiger partial charge in [0.2, 0.25) is 0 Å². The van der Waals surface area contributed by atoms with E-state index < -0.39 is 0 Å². The van der Waals surface area contributed by atoms with Gasteiger partial charge in [-0.05, 0) is 47.2 Å². The second kappa shape index (κ2) is 9.37. The maximum atomic E-state index is 6.37. The van der Waals surface area contributed by atoms with Crippen LogP contribution in [-0.2, 0) is 19.6 Å². The number of halogens is 1. The highest BCUT2D eigenvalue weighted by Gasteiger charge is 2.13. The standard InChI is InChI=1S/C24H22ClNO3S/c1-3-17-12-26-24(25)22-18(15-30-23(17)22)14-29-21-9-5-8-20(11-21)28-13-16-6-4-7-19(10-16)27-2/h4-12,15H,3,13-14H2,1-2H3. The maximum Gasteiger partial charge on any atom is 0.138 e. The second-order valence-corrected chi connectivity index (χ2v) is 8.03. The van der Waals surface area contributed by atoms with E-state index in [0.717, 1.165) is 40.2 Å². The summed E-state index contributed by atoms with van der Waals surface area (Å²) in [5.74, 6) is 2.31. The van der Waals surface area contributed by atoms with Crippen LogP contribution in [0.25, 0.3) is 10.1 Å². The van der Waals surface area contributed by atoms with Crippen molar-refractivity contribution in [3.8, 4) is 17.2 Å². The highest BCUT2D eigenvalue weighted by molar-refractivity contribution is 7.17. The minimum Gasteiger partial charge on any atom is -0.497 e. The SMILES string of the molecule is CCc1cnc(Cl)c2c(COc3cccc(OCc4cccc(OC)c4)c3)csc12. The molecule has 0 radical (unpaired) electrons. The lowest BCUT2D eigenvalue weighted by Crippen LogP contribution is -1.98. The fourth-order valence-corrected chi connectivity index (χ4v) is 4.68. The number of nitrogens with zero attached hydrogens (tertiary/aromatic N) is 1. The van der Waals surface area contributed by atoms with Crippen LogP contribution in [0.15, 0.2) is 60.1 Å². The molecule has 0 aliphatic carbocycles. The van der Waals surface area contributed by atoms with Crippen molar-refractivity contribution in [2.45, 2.75) is 26.6 Å². The normalized spacial score (nSPS) is 10.9. The molecule has 0 aliphatic heterocycles. The molecule has 0 fully saturated rings. The van der Waals surface area contributed by atoms with Crippen molar-refractivity contribution in [1.82, 2.24) is 4.98 Å². The molecule has 0 saturated carbocycles. The number of thiophene rings is 1. The Morgan fingerprint density at radius 1 is 0.933 bits per heavy atom. The van der Waals surface area contributed by atoms with E-state index >= 15 is 0 Å². The number of aryl methyl sites for hydroxylation is 1. The minimum absolute atomic E-state index is 0.425. The van der Waals surface area contributed by atoms with Crippen molar-refractivity contribution < 1.29 is 14.2 Å². The van der Waals surface area contributed by atoms with Gasteiger partial charge in [-0.25, -0.2) is 4.98 Å². The number of benzene rings is 2. The predicted octanol–water partition coefficient (Wildman–Crippen LogP) is 6.68. The first kappa shape index (κ1) is 20.5. The van der Waals surface area contributed by atoms with Crippen molar-refractivity contribution in [1.29, 1.82) is 0 Å². The van der Waals surface area contributed by atoms with Gasteiger partial charge in [0.1, 0.15) is 35.6 Å². The van der Waals surface area contributed by atoms with Crippen LogP contribution in [0.3, 0.4) is 0 Å². The van der Waals surface area contributed by atoms with Gasteiger partial charge in [0, 0.05) is 27.9 Å². The molecule has 0 saturated heterocycles. The molecule has 4 aromatic rings. The molecule has 0 N–H and O–H groups in total. The highest BCUT2D eigenvalue weighted by atomic mass is 35.5. The topological polar surface area (TPSA) is 40.6 Å². The summed E-state index contributed by atoms with van der Waals surface area (Å²) in [7, 11) is 1.66. The van der Waals surface area contributed by atoms with Crippen LogP contribution >= 0.6 is 22.9 Å². The first-order chi connectivity index (χ1) is 14.7. The summed E-state index contributed by atoms with van der Waals surface area (Å²) in [6.45, 7) is 3.00. The van der Waals surface area contributed by atoms with Crippen molar-refractivity contribution in [2.75, 3.05) is 7.11 Å². The van der Waals surface area contributed by atoms with Gasteiger partial charge in [-0.15, -0.1) is 11.3 Å². The summed E-state index contributed by atoms with van der Waals surface area (Å²) in [6.07, 6.45) is 2.78. The van der Waals surface area contributed by atoms with Crippen LogP contribution in [-0.4, -0.2) is 12.1 Å². The Bertz CT molecular complexity index is 1160. The largest absolute Gasteiger partial charge is 0.497 e. The molecule has 0 spiro atoms. The average Bonchev–Trinajstić information content (AvgIpc) is 3.22. The fraction of sp³-hybridized carbons (Fsp3) is 0.208. The number of ether oxygens (including phenoxy) is 3. The summed E-state index contributed by atoms with van der Waals surface area (Å²) in [5, 5.41) is 3.62. The number of rotatable bonds is 8. The summed E-state index contributed by atoms with van der Waals surface area (Å²) < 4.78 is 18.4. The maximum absolute atomic E-state index is 6.37. The molecule has 4 rings (SSSR count). The molecule has 0 bridgehead atoms. The Balaban J connectivity index is 1.44. The first-order valence-corrected chi connectivity index (χ1v) is 11.0. The molecule has 6 heteroatoms. The Hall–Kier alpha value is -2.76. The zero-order chi connectivity index (χ0) is 20.9. The smallest absolute Gasteiger partial charge is 0.138 e. The van der Waals surface area contributed by atoms with E-state index in [1.54, 1.807) is 18.4 Å². The minimum atomic E-state index is 0.425. The fourth-order valence-electron chi connectivity index (χ4n) is 3.22. The van der Waals surface area contributed by atoms with Crippen molar-refractivity contribution in [3.63, 3.8) is 0 Å². The summed E-state index contributed by atoms with van der Waals surface area (Å²) >= 11 is 8.06. The third-order valence-corrected chi connectivity index (χ3v) is 6.21. The van der Waals surface area contributed by atoms with Crippen LogP contribution in [0.4, 0.5) is 0 Å². The zero-order valence-corrected chi connectivity index (χ0v) is 18.4. The molecule has 154 valence electrons. The number of pyridine rings is 1. The van der Waals surface area contributed by atoms with Gasteiger partial charge in [-0.2, -0.15) is 0 Å². The third-order valence-electron chi connectivity index (χ3n) is 4.82. The van der Waals surface area contributed by atoms with Gasteiger partial charge in [0.05, 0.1) is 7.11 Å². The Morgan fingerprint density at radius 3 is 2.43 bits per heavy atom. The van der Waals surface area contributed by atoms with Gasteiger partial charge in [-0.1, -0.05) is 36.7 Å². The van der Waals surface area contributed by atoms with Gasteiger partial charge < -0.3 is 14.2 Å². The van der Waals surface area contributed by atoms with E-state index in [0.29, 0.717) is 18.4 Å². The number of aromatic nitrogens is 1. The van der Waals surface area contributed by atoms with E-state index in [9.17, 15) is 0 Å². The lowest BCUT2D eigenvalue weighted by Gasteiger charge is -2.10. The van der Waals surface area contributed by atoms with Crippen molar-refractivity contribution in [3.05, 3.63) is 82.0 Å². The molecular weight excluding hydrogens is 418 g/mol. The highest BCUT2D eigenvalue weighted by Crippen LogP contribution is 2.34. The summed E-state index contributed by atoms with van der Waals surface area (Å²) in [6, 6.07) is 15.5. The van der Waals surface area contributed by atoms with E-state index in [4.69, 9.17) is 25.8 Å². The molecule has 0 amide bonds. The van der Waals surface area contributed by atoms with Crippen molar-refractivity contribution in [2.24, 2.45) is 0 Å². The Morgan fingerprint density at radius 2 is 1.67 bits per heavy atom. The molecule has 0 atom stereocenters. The molecule has 2 aromatic carbocycles. The monoisotopic (exact) mass is 439 g/mol. The second-order valence-electron chi connectivity index (χ2n) is 6.80. The zero-order valence-electron chi connectivity index (χ0n) is 16.9. The van der Waals surface area contributed by atoms with Crippen LogP contribution in [0, 0.1) is 0 Å². The number of fused-ring (bicyclic) bond motifs is 1. The van der Waals surface area contributed by atoms with Crippen LogP contribution in [0.2, 0.25) is 5.15 Å².